The molecule has 0 radical (unpaired) electrons. The lowest BCUT2D eigenvalue weighted by atomic mass is 10.2. The first-order valence-corrected chi connectivity index (χ1v) is 16.5. The van der Waals surface area contributed by atoms with Crippen LogP contribution in [0.2, 0.25) is 0 Å². The second kappa shape index (κ2) is 26.2. The van der Waals surface area contributed by atoms with E-state index < -0.39 is 12.1 Å². The summed E-state index contributed by atoms with van der Waals surface area (Å²) in [6.07, 6.45) is 6.89. The number of guanidine groups is 2. The highest BCUT2D eigenvalue weighted by molar-refractivity contribution is 6.08. The Morgan fingerprint density at radius 3 is 1.35 bits per heavy atom. The van der Waals surface area contributed by atoms with Crippen LogP contribution in [-0.2, 0) is 28.8 Å². The van der Waals surface area contributed by atoms with Crippen molar-refractivity contribution in [2.45, 2.75) is 77.3 Å². The molecule has 2 aliphatic heterocycles. The number of hydrogen-bond donors (Lipinski definition) is 8. The van der Waals surface area contributed by atoms with Crippen LogP contribution in [0.3, 0.4) is 0 Å². The molecule has 2 heterocycles. The van der Waals surface area contributed by atoms with Crippen molar-refractivity contribution >= 4 is 59.8 Å². The molecule has 49 heavy (non-hydrogen) atoms. The van der Waals surface area contributed by atoms with Gasteiger partial charge in [0.25, 0.3) is 11.8 Å². The number of nitrogens with zero attached hydrogens (tertiary/aromatic N) is 4. The summed E-state index contributed by atoms with van der Waals surface area (Å²) >= 11 is 0. The van der Waals surface area contributed by atoms with Gasteiger partial charge >= 0.3 is 0 Å². The number of rotatable bonds is 18. The van der Waals surface area contributed by atoms with Gasteiger partial charge in [-0.25, -0.2) is 9.98 Å². The molecule has 0 aromatic carbocycles. The molecule has 280 valence electrons. The van der Waals surface area contributed by atoms with Gasteiger partial charge in [0.2, 0.25) is 35.5 Å². The van der Waals surface area contributed by atoms with Crippen LogP contribution < -0.4 is 43.4 Å². The number of nitrogens with two attached hydrogens (primary N) is 2. The molecule has 0 spiro atoms. The maximum atomic E-state index is 12.2. The van der Waals surface area contributed by atoms with E-state index in [1.165, 1.54) is 23.6 Å². The Hall–Kier alpha value is -3.71. The third-order valence-corrected chi connectivity index (χ3v) is 7.39. The fraction of sp³-hybridized carbons (Fsp3) is 0.733. The Morgan fingerprint density at radius 1 is 0.673 bits per heavy atom. The topological polar surface area (TPSA) is 258 Å². The van der Waals surface area contributed by atoms with Gasteiger partial charge in [-0.3, -0.25) is 50.0 Å². The lowest BCUT2D eigenvalue weighted by molar-refractivity contribution is -0.138. The Kier molecular flexibility index (Phi) is 24.2. The first-order chi connectivity index (χ1) is 22.9. The van der Waals surface area contributed by atoms with Gasteiger partial charge in [0.15, 0.2) is 0 Å². The van der Waals surface area contributed by atoms with Crippen molar-refractivity contribution in [3.05, 3.63) is 0 Å². The van der Waals surface area contributed by atoms with E-state index in [9.17, 15) is 28.8 Å². The third-order valence-electron chi connectivity index (χ3n) is 7.39. The fourth-order valence-electron chi connectivity index (χ4n) is 4.56. The quantitative estimate of drug-likeness (QED) is 0.0692. The SMILES string of the molecule is CC(=O)NC1=NCC(N(C)C(=O)CCNCCCCCN)C(=O)N1.CC(=O)NC1=NCC(N(C)C(=O)CCNCCCCCN)C(=O)N1.Cl. The summed E-state index contributed by atoms with van der Waals surface area (Å²) in [5.41, 5.74) is 10.8. The van der Waals surface area contributed by atoms with E-state index in [1.54, 1.807) is 14.1 Å². The zero-order valence-electron chi connectivity index (χ0n) is 29.3. The lowest BCUT2D eigenvalue weighted by Gasteiger charge is -2.29. The molecule has 2 aliphatic rings. The standard InChI is InChI=1S/2C15H28N6O3.ClH/c2*1-11(22)19-15-18-10-12(14(24)20-15)21(2)13(23)6-9-17-8-5-3-4-7-16;/h2*12,17H,3-10,16H2,1-2H3,(H2,18,19,20,22,24);1H. The molecule has 2 rings (SSSR count). The van der Waals surface area contributed by atoms with Gasteiger partial charge in [0, 0.05) is 53.9 Å². The van der Waals surface area contributed by atoms with Gasteiger partial charge in [-0.05, 0) is 51.9 Å². The van der Waals surface area contributed by atoms with E-state index in [0.29, 0.717) is 39.0 Å². The lowest BCUT2D eigenvalue weighted by Crippen LogP contribution is -2.57. The van der Waals surface area contributed by atoms with Gasteiger partial charge in [0.1, 0.15) is 12.1 Å². The first-order valence-electron chi connectivity index (χ1n) is 16.5. The summed E-state index contributed by atoms with van der Waals surface area (Å²) in [6.45, 7) is 7.20. The molecular weight excluding hydrogens is 660 g/mol. The Bertz CT molecular complexity index is 1050. The number of carbonyl (C=O) groups is 6. The van der Waals surface area contributed by atoms with Gasteiger partial charge in [-0.2, -0.15) is 0 Å². The number of amides is 6. The van der Waals surface area contributed by atoms with Gasteiger partial charge in [-0.15, -0.1) is 12.4 Å². The van der Waals surface area contributed by atoms with Crippen LogP contribution in [-0.4, -0.2) is 136 Å². The number of carbonyl (C=O) groups excluding carboxylic acids is 6. The Morgan fingerprint density at radius 2 is 1.04 bits per heavy atom. The van der Waals surface area contributed by atoms with E-state index in [0.717, 1.165) is 51.6 Å². The van der Waals surface area contributed by atoms with Crippen LogP contribution in [0, 0.1) is 0 Å². The van der Waals surface area contributed by atoms with Gasteiger partial charge in [0.05, 0.1) is 13.1 Å². The molecule has 0 aromatic heterocycles. The number of nitrogens with one attached hydrogen (secondary N) is 6. The smallest absolute Gasteiger partial charge is 0.251 e. The average Bonchev–Trinajstić information content (AvgIpc) is 3.03. The molecule has 2 atom stereocenters. The molecule has 6 amide bonds. The van der Waals surface area contributed by atoms with Crippen LogP contribution in [0.4, 0.5) is 0 Å². The van der Waals surface area contributed by atoms with Crippen molar-refractivity contribution in [3.63, 3.8) is 0 Å². The fourth-order valence-corrected chi connectivity index (χ4v) is 4.56. The van der Waals surface area contributed by atoms with Crippen LogP contribution in [0.25, 0.3) is 0 Å². The highest BCUT2D eigenvalue weighted by atomic mass is 35.5. The highest BCUT2D eigenvalue weighted by Crippen LogP contribution is 2.06. The highest BCUT2D eigenvalue weighted by Gasteiger charge is 2.31. The van der Waals surface area contributed by atoms with Crippen molar-refractivity contribution in [2.24, 2.45) is 21.5 Å². The van der Waals surface area contributed by atoms with E-state index in [-0.39, 0.29) is 72.9 Å². The molecule has 0 aromatic rings. The number of unbranched alkanes of at least 4 members (excludes halogenated alkanes) is 4. The predicted molar refractivity (Wildman–Crippen MR) is 190 cm³/mol. The summed E-state index contributed by atoms with van der Waals surface area (Å²) < 4.78 is 0. The van der Waals surface area contributed by atoms with Crippen molar-refractivity contribution in [3.8, 4) is 0 Å². The maximum absolute atomic E-state index is 12.2. The van der Waals surface area contributed by atoms with Gasteiger partial charge in [-0.1, -0.05) is 12.8 Å². The molecular formula is C30H57ClN12O6. The maximum Gasteiger partial charge on any atom is 0.251 e. The van der Waals surface area contributed by atoms with Crippen LogP contribution in [0.1, 0.15) is 65.2 Å². The zero-order chi connectivity index (χ0) is 35.9. The van der Waals surface area contributed by atoms with Crippen molar-refractivity contribution in [1.82, 2.24) is 41.7 Å². The van der Waals surface area contributed by atoms with Crippen molar-refractivity contribution < 1.29 is 28.8 Å². The van der Waals surface area contributed by atoms with Crippen LogP contribution >= 0.6 is 12.4 Å². The normalized spacial score (nSPS) is 16.7. The monoisotopic (exact) mass is 716 g/mol. The minimum atomic E-state index is -0.653. The molecule has 0 saturated heterocycles. The van der Waals surface area contributed by atoms with Crippen LogP contribution in [0.5, 0.6) is 0 Å². The zero-order valence-corrected chi connectivity index (χ0v) is 30.1. The minimum Gasteiger partial charge on any atom is -0.332 e. The second-order valence-corrected chi connectivity index (χ2v) is 11.5. The Balaban J connectivity index is 0.000000922. The molecule has 0 aliphatic carbocycles. The average molecular weight is 717 g/mol. The van der Waals surface area contributed by atoms with E-state index in [2.05, 4.69) is 41.9 Å². The minimum absolute atomic E-state index is 0. The predicted octanol–water partition coefficient (Wildman–Crippen LogP) is -2.49. The molecule has 0 saturated carbocycles. The van der Waals surface area contributed by atoms with Gasteiger partial charge < -0.3 is 31.9 Å². The summed E-state index contributed by atoms with van der Waals surface area (Å²) in [5, 5.41) is 16.2. The van der Waals surface area contributed by atoms with E-state index >= 15 is 0 Å². The summed E-state index contributed by atoms with van der Waals surface area (Å²) in [4.78, 5) is 81.3. The number of hydrogen-bond acceptors (Lipinski definition) is 12. The summed E-state index contributed by atoms with van der Waals surface area (Å²) in [5.74, 6) is -1.30. The number of likely N-dealkylation sites (N-methyl/N-ethyl adjacent to an activating group) is 2. The Labute approximate surface area is 295 Å². The molecule has 2 unspecified atom stereocenters. The van der Waals surface area contributed by atoms with E-state index in [1.807, 2.05) is 0 Å². The van der Waals surface area contributed by atoms with E-state index in [4.69, 9.17) is 11.5 Å². The van der Waals surface area contributed by atoms with Crippen molar-refractivity contribution in [2.75, 3.05) is 66.5 Å². The molecule has 19 heteroatoms. The second-order valence-electron chi connectivity index (χ2n) is 11.5. The largest absolute Gasteiger partial charge is 0.332 e. The molecule has 0 bridgehead atoms. The first kappa shape index (κ1) is 45.3. The number of aliphatic imine (C=N–C) groups is 2. The molecule has 0 fully saturated rings. The molecule has 10 N–H and O–H groups in total. The number of halogens is 1. The van der Waals surface area contributed by atoms with Crippen LogP contribution in [0.15, 0.2) is 9.98 Å². The summed E-state index contributed by atoms with van der Waals surface area (Å²) in [6, 6.07) is -1.31. The third kappa shape index (κ3) is 19.2. The van der Waals surface area contributed by atoms with Crippen molar-refractivity contribution in [1.29, 1.82) is 0 Å². The summed E-state index contributed by atoms with van der Waals surface area (Å²) in [7, 11) is 3.18. The molecule has 18 nitrogen and oxygen atoms in total.